The molecular weight excluding hydrogens is 276 g/mol. The third-order valence-electron chi connectivity index (χ3n) is 2.40. The molecule has 0 bridgehead atoms. The largest absolute Gasteiger partial charge is 0.452 e. The van der Waals surface area contributed by atoms with Gasteiger partial charge in [0.05, 0.1) is 0 Å². The molecule has 0 aromatic carbocycles. The van der Waals surface area contributed by atoms with Gasteiger partial charge in [0.25, 0.3) is 5.89 Å². The monoisotopic (exact) mass is 292 g/mol. The summed E-state index contributed by atoms with van der Waals surface area (Å²) in [6, 6.07) is 1.92. The molecule has 0 aliphatic carbocycles. The highest BCUT2D eigenvalue weighted by Gasteiger charge is 2.21. The maximum absolute atomic E-state index is 11.5. The molecule has 2 aromatic heterocycles. The molecule has 2 heterocycles. The van der Waals surface area contributed by atoms with Crippen LogP contribution in [0.25, 0.3) is 6.08 Å². The van der Waals surface area contributed by atoms with Crippen LogP contribution >= 0.6 is 11.3 Å². The first kappa shape index (κ1) is 14.5. The fraction of sp³-hybridized carbons (Fsp3) is 0.357. The Morgan fingerprint density at radius 2 is 2.25 bits per heavy atom. The van der Waals surface area contributed by atoms with E-state index in [-0.39, 0.29) is 12.0 Å². The van der Waals surface area contributed by atoms with E-state index < -0.39 is 5.97 Å². The van der Waals surface area contributed by atoms with Gasteiger partial charge in [0, 0.05) is 11.5 Å². The van der Waals surface area contributed by atoms with Crippen molar-refractivity contribution in [3.8, 4) is 0 Å². The summed E-state index contributed by atoms with van der Waals surface area (Å²) in [5.74, 6) is 0.385. The summed E-state index contributed by atoms with van der Waals surface area (Å²) in [7, 11) is 0. The smallest absolute Gasteiger partial charge is 0.331 e. The van der Waals surface area contributed by atoms with Gasteiger partial charge in [-0.1, -0.05) is 20.8 Å². The van der Waals surface area contributed by atoms with E-state index in [9.17, 15) is 4.79 Å². The maximum Gasteiger partial charge on any atom is 0.331 e. The van der Waals surface area contributed by atoms with Crippen molar-refractivity contribution in [2.24, 2.45) is 0 Å². The highest BCUT2D eigenvalue weighted by molar-refractivity contribution is 7.08. The van der Waals surface area contributed by atoms with Crippen LogP contribution < -0.4 is 0 Å². The van der Waals surface area contributed by atoms with Crippen molar-refractivity contribution in [3.05, 3.63) is 40.2 Å². The van der Waals surface area contributed by atoms with Gasteiger partial charge in [-0.25, -0.2) is 4.79 Å². The Hall–Kier alpha value is -1.95. The molecule has 0 spiro atoms. The van der Waals surface area contributed by atoms with E-state index in [0.717, 1.165) is 5.56 Å². The first-order valence-corrected chi connectivity index (χ1v) is 7.09. The molecule has 5 nitrogen and oxygen atoms in total. The Morgan fingerprint density at radius 1 is 1.45 bits per heavy atom. The molecule has 0 saturated carbocycles. The van der Waals surface area contributed by atoms with Crippen LogP contribution in [0.5, 0.6) is 0 Å². The molecule has 0 aliphatic rings. The minimum absolute atomic E-state index is 0.0180. The number of rotatable bonds is 4. The van der Waals surface area contributed by atoms with Gasteiger partial charge in [-0.05, 0) is 28.5 Å². The van der Waals surface area contributed by atoms with Crippen molar-refractivity contribution >= 4 is 23.4 Å². The predicted octanol–water partition coefficient (Wildman–Crippen LogP) is 3.19. The topological polar surface area (TPSA) is 65.2 Å². The Morgan fingerprint density at radius 3 is 2.85 bits per heavy atom. The number of thiophene rings is 1. The van der Waals surface area contributed by atoms with Crippen LogP contribution in [-0.2, 0) is 21.6 Å². The van der Waals surface area contributed by atoms with E-state index >= 15 is 0 Å². The molecule has 6 heteroatoms. The number of hydrogen-bond acceptors (Lipinski definition) is 6. The van der Waals surface area contributed by atoms with Crippen LogP contribution in [0.1, 0.15) is 38.1 Å². The van der Waals surface area contributed by atoms with Gasteiger partial charge in [-0.15, -0.1) is 10.2 Å². The molecule has 0 N–H and O–H groups in total. The van der Waals surface area contributed by atoms with Gasteiger partial charge in [0.1, 0.15) is 0 Å². The van der Waals surface area contributed by atoms with E-state index in [1.54, 1.807) is 17.4 Å². The first-order chi connectivity index (χ1) is 9.45. The zero-order chi connectivity index (χ0) is 14.6. The van der Waals surface area contributed by atoms with Crippen LogP contribution in [0.2, 0.25) is 0 Å². The molecule has 0 amide bonds. The SMILES string of the molecule is CC(C)(C)c1nnc(COC(=O)C=Cc2ccsc2)o1. The van der Waals surface area contributed by atoms with Crippen LogP contribution in [0.3, 0.4) is 0 Å². The van der Waals surface area contributed by atoms with E-state index in [0.29, 0.717) is 11.8 Å². The van der Waals surface area contributed by atoms with Crippen LogP contribution in [0, 0.1) is 0 Å². The van der Waals surface area contributed by atoms with Crippen molar-refractivity contribution in [2.75, 3.05) is 0 Å². The Labute approximate surface area is 121 Å². The van der Waals surface area contributed by atoms with E-state index in [2.05, 4.69) is 10.2 Å². The summed E-state index contributed by atoms with van der Waals surface area (Å²) in [5, 5.41) is 11.7. The number of hydrogen-bond donors (Lipinski definition) is 0. The molecule has 0 saturated heterocycles. The average Bonchev–Trinajstić information content (AvgIpc) is 3.04. The molecule has 0 radical (unpaired) electrons. The van der Waals surface area contributed by atoms with Gasteiger partial charge in [-0.2, -0.15) is 11.3 Å². The van der Waals surface area contributed by atoms with Crippen molar-refractivity contribution in [2.45, 2.75) is 32.8 Å². The summed E-state index contributed by atoms with van der Waals surface area (Å²) in [6.45, 7) is 5.90. The second kappa shape index (κ2) is 6.00. The summed E-state index contributed by atoms with van der Waals surface area (Å²) >= 11 is 1.57. The molecule has 0 atom stereocenters. The number of esters is 1. The van der Waals surface area contributed by atoms with Crippen LogP contribution in [-0.4, -0.2) is 16.2 Å². The Bertz CT molecular complexity index is 594. The number of nitrogens with zero attached hydrogens (tertiary/aromatic N) is 2. The van der Waals surface area contributed by atoms with Crippen LogP contribution in [0.4, 0.5) is 0 Å². The Balaban J connectivity index is 1.86. The zero-order valence-electron chi connectivity index (χ0n) is 11.6. The first-order valence-electron chi connectivity index (χ1n) is 6.15. The molecular formula is C14H16N2O3S. The van der Waals surface area contributed by atoms with Gasteiger partial charge in [-0.3, -0.25) is 0 Å². The maximum atomic E-state index is 11.5. The average molecular weight is 292 g/mol. The Kier molecular flexibility index (Phi) is 4.34. The number of aromatic nitrogens is 2. The summed E-state index contributed by atoms with van der Waals surface area (Å²) in [5.41, 5.74) is 0.758. The lowest BCUT2D eigenvalue weighted by atomic mass is 9.97. The highest BCUT2D eigenvalue weighted by Crippen LogP contribution is 2.20. The predicted molar refractivity (Wildman–Crippen MR) is 76.1 cm³/mol. The second-order valence-electron chi connectivity index (χ2n) is 5.25. The van der Waals surface area contributed by atoms with Crippen molar-refractivity contribution < 1.29 is 13.9 Å². The highest BCUT2D eigenvalue weighted by atomic mass is 32.1. The van der Waals surface area contributed by atoms with Gasteiger partial charge < -0.3 is 9.15 Å². The lowest BCUT2D eigenvalue weighted by Crippen LogP contribution is -2.11. The fourth-order valence-corrected chi connectivity index (χ4v) is 1.96. The minimum atomic E-state index is -0.438. The molecule has 20 heavy (non-hydrogen) atoms. The minimum Gasteiger partial charge on any atom is -0.452 e. The normalized spacial score (nSPS) is 11.9. The number of carbonyl (C=O) groups is 1. The lowest BCUT2D eigenvalue weighted by molar-refractivity contribution is -0.139. The molecule has 2 aromatic rings. The molecule has 0 aliphatic heterocycles. The standard InChI is InChI=1S/C14H16N2O3S/c1-14(2,3)13-16-15-11(19-13)8-18-12(17)5-4-10-6-7-20-9-10/h4-7,9H,8H2,1-3H3. The van der Waals surface area contributed by atoms with Crippen molar-refractivity contribution in [1.82, 2.24) is 10.2 Å². The summed E-state index contributed by atoms with van der Waals surface area (Å²) in [4.78, 5) is 11.5. The van der Waals surface area contributed by atoms with Gasteiger partial charge in [0.15, 0.2) is 6.61 Å². The van der Waals surface area contributed by atoms with Crippen LogP contribution in [0.15, 0.2) is 27.3 Å². The number of ether oxygens (including phenoxy) is 1. The van der Waals surface area contributed by atoms with E-state index in [1.165, 1.54) is 6.08 Å². The third-order valence-corrected chi connectivity index (χ3v) is 3.10. The lowest BCUT2D eigenvalue weighted by Gasteiger charge is -2.10. The molecule has 0 unspecified atom stereocenters. The summed E-state index contributed by atoms with van der Waals surface area (Å²) < 4.78 is 10.5. The molecule has 2 rings (SSSR count). The van der Waals surface area contributed by atoms with Crippen molar-refractivity contribution in [1.29, 1.82) is 0 Å². The van der Waals surface area contributed by atoms with Gasteiger partial charge >= 0.3 is 5.97 Å². The van der Waals surface area contributed by atoms with E-state index in [1.807, 2.05) is 37.6 Å². The number of carbonyl (C=O) groups excluding carboxylic acids is 1. The third kappa shape index (κ3) is 4.03. The van der Waals surface area contributed by atoms with Gasteiger partial charge in [0.2, 0.25) is 5.89 Å². The zero-order valence-corrected chi connectivity index (χ0v) is 12.4. The van der Waals surface area contributed by atoms with Crippen molar-refractivity contribution in [3.63, 3.8) is 0 Å². The quantitative estimate of drug-likeness (QED) is 0.639. The molecule has 106 valence electrons. The molecule has 0 fully saturated rings. The second-order valence-corrected chi connectivity index (χ2v) is 6.03. The summed E-state index contributed by atoms with van der Waals surface area (Å²) in [6.07, 6.45) is 3.08. The fourth-order valence-electron chi connectivity index (χ4n) is 1.33. The van der Waals surface area contributed by atoms with E-state index in [4.69, 9.17) is 9.15 Å².